The number of benzene rings is 1. The molecule has 26 heavy (non-hydrogen) atoms. The molecule has 0 atom stereocenters. The predicted molar refractivity (Wildman–Crippen MR) is 98.7 cm³/mol. The summed E-state index contributed by atoms with van der Waals surface area (Å²) in [4.78, 5) is 38.4. The lowest BCUT2D eigenvalue weighted by molar-refractivity contribution is -0.124. The van der Waals surface area contributed by atoms with Crippen LogP contribution in [0.2, 0.25) is 0 Å². The molecular weight excluding hydrogens is 356 g/mol. The highest BCUT2D eigenvalue weighted by atomic mass is 32.1. The lowest BCUT2D eigenvalue weighted by Crippen LogP contribution is -2.32. The highest BCUT2D eigenvalue weighted by Gasteiger charge is 2.21. The first-order valence-corrected chi connectivity index (χ1v) is 8.76. The minimum Gasteiger partial charge on any atom is -0.452 e. The molecule has 0 radical (unpaired) electrons. The summed E-state index contributed by atoms with van der Waals surface area (Å²) < 4.78 is 9.88. The lowest BCUT2D eigenvalue weighted by atomic mass is 10.1. The van der Waals surface area contributed by atoms with Gasteiger partial charge in [0.2, 0.25) is 0 Å². The number of hydrogen-bond donors (Lipinski definition) is 1. The van der Waals surface area contributed by atoms with Crippen molar-refractivity contribution in [1.29, 1.82) is 0 Å². The largest absolute Gasteiger partial charge is 0.452 e. The molecule has 0 bridgehead atoms. The molecule has 0 saturated carbocycles. The van der Waals surface area contributed by atoms with Crippen LogP contribution in [-0.4, -0.2) is 51.7 Å². The maximum atomic E-state index is 12.5. The van der Waals surface area contributed by atoms with E-state index in [0.717, 1.165) is 0 Å². The molecule has 1 aromatic carbocycles. The van der Waals surface area contributed by atoms with Gasteiger partial charge in [0.1, 0.15) is 0 Å². The van der Waals surface area contributed by atoms with E-state index in [1.165, 1.54) is 23.3 Å². The van der Waals surface area contributed by atoms with Crippen molar-refractivity contribution in [3.8, 4) is 0 Å². The van der Waals surface area contributed by atoms with E-state index in [0.29, 0.717) is 23.7 Å². The molecular formula is C18H20N2O5S. The van der Waals surface area contributed by atoms with Crippen molar-refractivity contribution < 1.29 is 23.9 Å². The number of nitrogens with zero attached hydrogens (tertiary/aromatic N) is 1. The number of nitrogens with one attached hydrogen (secondary N) is 1. The molecule has 1 heterocycles. The topological polar surface area (TPSA) is 84.9 Å². The van der Waals surface area contributed by atoms with Gasteiger partial charge in [0.15, 0.2) is 6.61 Å². The first-order valence-electron chi connectivity index (χ1n) is 7.88. The van der Waals surface area contributed by atoms with Crippen molar-refractivity contribution >= 4 is 34.8 Å². The van der Waals surface area contributed by atoms with Crippen molar-refractivity contribution in [1.82, 2.24) is 5.32 Å². The Hall–Kier alpha value is -2.71. The Labute approximate surface area is 155 Å². The predicted octanol–water partition coefficient (Wildman–Crippen LogP) is 1.94. The third-order valence-electron chi connectivity index (χ3n) is 3.48. The Balaban J connectivity index is 2.04. The summed E-state index contributed by atoms with van der Waals surface area (Å²) in [7, 11) is 3.11. The molecule has 2 amide bonds. The molecule has 0 spiro atoms. The number of amides is 2. The Morgan fingerprint density at radius 2 is 1.92 bits per heavy atom. The van der Waals surface area contributed by atoms with E-state index >= 15 is 0 Å². The summed E-state index contributed by atoms with van der Waals surface area (Å²) in [5.41, 5.74) is 0.625. The highest BCUT2D eigenvalue weighted by Crippen LogP contribution is 2.23. The lowest BCUT2D eigenvalue weighted by Gasteiger charge is -2.19. The van der Waals surface area contributed by atoms with Gasteiger partial charge in [-0.3, -0.25) is 9.59 Å². The fraction of sp³-hybridized carbons (Fsp3) is 0.278. The Morgan fingerprint density at radius 3 is 2.62 bits per heavy atom. The zero-order valence-corrected chi connectivity index (χ0v) is 15.4. The van der Waals surface area contributed by atoms with E-state index in [4.69, 9.17) is 9.47 Å². The van der Waals surface area contributed by atoms with Crippen molar-refractivity contribution in [3.63, 3.8) is 0 Å². The quantitative estimate of drug-likeness (QED) is 0.562. The molecule has 138 valence electrons. The molecule has 2 rings (SSSR count). The molecule has 0 aliphatic carbocycles. The van der Waals surface area contributed by atoms with Gasteiger partial charge in [0, 0.05) is 20.7 Å². The normalized spacial score (nSPS) is 10.2. The molecule has 7 nitrogen and oxygen atoms in total. The second kappa shape index (κ2) is 9.69. The van der Waals surface area contributed by atoms with Crippen LogP contribution in [0.25, 0.3) is 0 Å². The van der Waals surface area contributed by atoms with E-state index in [2.05, 4.69) is 5.32 Å². The molecule has 0 saturated heterocycles. The van der Waals surface area contributed by atoms with Crippen LogP contribution in [0.3, 0.4) is 0 Å². The fourth-order valence-corrected chi connectivity index (χ4v) is 2.86. The molecule has 8 heteroatoms. The van der Waals surface area contributed by atoms with Crippen LogP contribution in [-0.2, 0) is 14.3 Å². The van der Waals surface area contributed by atoms with Crippen LogP contribution in [0.4, 0.5) is 5.69 Å². The van der Waals surface area contributed by atoms with E-state index in [1.807, 2.05) is 5.38 Å². The van der Waals surface area contributed by atoms with Crippen LogP contribution < -0.4 is 10.2 Å². The number of esters is 1. The number of ether oxygens (including phenoxy) is 2. The van der Waals surface area contributed by atoms with Crippen molar-refractivity contribution in [3.05, 3.63) is 52.2 Å². The van der Waals surface area contributed by atoms with E-state index in [9.17, 15) is 14.4 Å². The smallest absolute Gasteiger partial charge is 0.340 e. The number of carbonyl (C=O) groups is 3. The van der Waals surface area contributed by atoms with Gasteiger partial charge in [0.05, 0.1) is 22.7 Å². The maximum Gasteiger partial charge on any atom is 0.340 e. The van der Waals surface area contributed by atoms with Gasteiger partial charge >= 0.3 is 5.97 Å². The average molecular weight is 376 g/mol. The summed E-state index contributed by atoms with van der Waals surface area (Å²) in [5, 5.41) is 4.37. The van der Waals surface area contributed by atoms with E-state index in [-0.39, 0.29) is 11.5 Å². The summed E-state index contributed by atoms with van der Waals surface area (Å²) >= 11 is 1.32. The first-order chi connectivity index (χ1) is 12.5. The summed E-state index contributed by atoms with van der Waals surface area (Å²) in [6.07, 6.45) is 0. The minimum absolute atomic E-state index is 0.213. The summed E-state index contributed by atoms with van der Waals surface area (Å²) in [6, 6.07) is 10.1. The Bertz CT molecular complexity index is 761. The van der Waals surface area contributed by atoms with Gasteiger partial charge in [-0.2, -0.15) is 0 Å². The minimum atomic E-state index is -0.673. The molecule has 0 fully saturated rings. The maximum absolute atomic E-state index is 12.5. The van der Waals surface area contributed by atoms with Gasteiger partial charge in [-0.15, -0.1) is 11.3 Å². The SMILES string of the molecule is COCCNC(=O)COC(=O)c1ccccc1N(C)C(=O)c1cccs1. The van der Waals surface area contributed by atoms with Crippen LogP contribution in [0.5, 0.6) is 0 Å². The standard InChI is InChI=1S/C18H20N2O5S/c1-20(17(22)15-8-5-11-26-15)14-7-4-3-6-13(14)18(23)25-12-16(21)19-9-10-24-2/h3-8,11H,9-10,12H2,1-2H3,(H,19,21). The zero-order valence-electron chi connectivity index (χ0n) is 14.6. The molecule has 1 aromatic heterocycles. The van der Waals surface area contributed by atoms with Crippen LogP contribution in [0.1, 0.15) is 20.0 Å². The number of methoxy groups -OCH3 is 1. The number of hydrogen-bond acceptors (Lipinski definition) is 6. The second-order valence-corrected chi connectivity index (χ2v) is 6.23. The van der Waals surface area contributed by atoms with Gasteiger partial charge in [-0.1, -0.05) is 18.2 Å². The molecule has 0 aliphatic rings. The number of carbonyl (C=O) groups excluding carboxylic acids is 3. The molecule has 2 aromatic rings. The molecule has 1 N–H and O–H groups in total. The van der Waals surface area contributed by atoms with Gasteiger partial charge in [-0.05, 0) is 23.6 Å². The Morgan fingerprint density at radius 1 is 1.15 bits per heavy atom. The highest BCUT2D eigenvalue weighted by molar-refractivity contribution is 7.12. The number of anilines is 1. The van der Waals surface area contributed by atoms with Gasteiger partial charge in [0.25, 0.3) is 11.8 Å². The van der Waals surface area contributed by atoms with Crippen molar-refractivity contribution in [2.24, 2.45) is 0 Å². The molecule has 0 unspecified atom stereocenters. The number of rotatable bonds is 8. The third-order valence-corrected chi connectivity index (χ3v) is 4.34. The van der Waals surface area contributed by atoms with Crippen LogP contribution in [0.15, 0.2) is 41.8 Å². The number of thiophene rings is 1. The Kier molecular flexibility index (Phi) is 7.31. The van der Waals surface area contributed by atoms with Gasteiger partial charge in [-0.25, -0.2) is 4.79 Å². The monoisotopic (exact) mass is 376 g/mol. The van der Waals surface area contributed by atoms with Gasteiger partial charge < -0.3 is 19.7 Å². The van der Waals surface area contributed by atoms with Crippen LogP contribution >= 0.6 is 11.3 Å². The average Bonchev–Trinajstić information content (AvgIpc) is 3.20. The number of para-hydroxylation sites is 1. The van der Waals surface area contributed by atoms with Crippen molar-refractivity contribution in [2.45, 2.75) is 0 Å². The fourth-order valence-electron chi connectivity index (χ4n) is 2.17. The zero-order chi connectivity index (χ0) is 18.9. The van der Waals surface area contributed by atoms with Crippen LogP contribution in [0, 0.1) is 0 Å². The first kappa shape index (κ1) is 19.6. The third kappa shape index (κ3) is 5.14. The molecule has 0 aliphatic heterocycles. The van der Waals surface area contributed by atoms with Crippen molar-refractivity contribution in [2.75, 3.05) is 38.8 Å². The summed E-state index contributed by atoms with van der Waals surface area (Å²) in [5.74, 6) is -1.32. The second-order valence-electron chi connectivity index (χ2n) is 5.28. The van der Waals surface area contributed by atoms with E-state index in [1.54, 1.807) is 43.4 Å². The van der Waals surface area contributed by atoms with E-state index < -0.39 is 18.5 Å². The summed E-state index contributed by atoms with van der Waals surface area (Å²) in [6.45, 7) is 0.305.